The molecule has 0 bridgehead atoms. The molecular formula is C40H42Cl2N4O6. The summed E-state index contributed by atoms with van der Waals surface area (Å²) in [5.41, 5.74) is 7.29. The maximum Gasteiger partial charge on any atom is 0.320 e. The number of methoxy groups -OCH3 is 2. The molecule has 0 unspecified atom stereocenters. The molecule has 272 valence electrons. The number of carbonyl (C=O) groups is 2. The third kappa shape index (κ3) is 7.48. The van der Waals surface area contributed by atoms with Crippen molar-refractivity contribution in [2.45, 2.75) is 70.2 Å². The van der Waals surface area contributed by atoms with Crippen LogP contribution in [0, 0.1) is 5.92 Å². The lowest BCUT2D eigenvalue weighted by Gasteiger charge is -2.23. The fraction of sp³-hybridized carbons (Fsp3) is 0.400. The van der Waals surface area contributed by atoms with Gasteiger partial charge in [-0.1, -0.05) is 65.7 Å². The number of carboxylic acid groups (broad SMARTS) is 1. The molecule has 1 aliphatic heterocycles. The van der Waals surface area contributed by atoms with E-state index in [0.29, 0.717) is 83.7 Å². The molecule has 52 heavy (non-hydrogen) atoms. The Morgan fingerprint density at radius 1 is 0.923 bits per heavy atom. The fourth-order valence-corrected chi connectivity index (χ4v) is 8.39. The Morgan fingerprint density at radius 2 is 1.69 bits per heavy atom. The Bertz CT molecular complexity index is 1990. The number of aromatic nitrogens is 2. The molecule has 0 spiro atoms. The summed E-state index contributed by atoms with van der Waals surface area (Å²) in [4.78, 5) is 34.8. The second-order valence-electron chi connectivity index (χ2n) is 13.7. The molecule has 2 N–H and O–H groups in total. The largest absolute Gasteiger partial charge is 0.481 e. The Morgan fingerprint density at radius 3 is 2.46 bits per heavy atom. The predicted octanol–water partition coefficient (Wildman–Crippen LogP) is 7.71. The first-order valence-electron chi connectivity index (χ1n) is 17.8. The van der Waals surface area contributed by atoms with Gasteiger partial charge in [-0.2, -0.15) is 4.98 Å². The molecule has 10 nitrogen and oxygen atoms in total. The minimum absolute atomic E-state index is 0.272. The van der Waals surface area contributed by atoms with Crippen LogP contribution >= 0.6 is 23.2 Å². The molecule has 2 aliphatic carbocycles. The molecule has 0 radical (unpaired) electrons. The van der Waals surface area contributed by atoms with E-state index < -0.39 is 12.0 Å². The van der Waals surface area contributed by atoms with Gasteiger partial charge in [-0.15, -0.1) is 0 Å². The Hall–Kier alpha value is -4.22. The number of carbonyl (C=O) groups excluding carboxylic acids is 1. The van der Waals surface area contributed by atoms with Gasteiger partial charge in [-0.3, -0.25) is 14.5 Å². The summed E-state index contributed by atoms with van der Waals surface area (Å²) in [7, 11) is 3.16. The van der Waals surface area contributed by atoms with Crippen molar-refractivity contribution in [2.75, 3.05) is 27.3 Å². The lowest BCUT2D eigenvalue weighted by Crippen LogP contribution is -2.35. The van der Waals surface area contributed by atoms with E-state index in [0.717, 1.165) is 65.6 Å². The zero-order chi connectivity index (χ0) is 36.4. The highest BCUT2D eigenvalue weighted by atomic mass is 35.5. The summed E-state index contributed by atoms with van der Waals surface area (Å²) in [6, 6.07) is 17.4. The molecule has 4 aromatic rings. The summed E-state index contributed by atoms with van der Waals surface area (Å²) < 4.78 is 17.8. The lowest BCUT2D eigenvalue weighted by atomic mass is 9.94. The summed E-state index contributed by atoms with van der Waals surface area (Å²) in [5, 5.41) is 14.0. The van der Waals surface area contributed by atoms with Crippen molar-refractivity contribution in [2.24, 2.45) is 5.92 Å². The number of hydrogen-bond acceptors (Lipinski definition) is 9. The van der Waals surface area contributed by atoms with Crippen LogP contribution in [-0.4, -0.2) is 65.1 Å². The van der Waals surface area contributed by atoms with E-state index in [9.17, 15) is 14.7 Å². The second-order valence-corrected chi connectivity index (χ2v) is 14.5. The molecule has 2 fully saturated rings. The van der Waals surface area contributed by atoms with E-state index >= 15 is 0 Å². The molecular weight excluding hydrogens is 703 g/mol. The van der Waals surface area contributed by atoms with E-state index in [1.165, 1.54) is 7.11 Å². The van der Waals surface area contributed by atoms with Gasteiger partial charge < -0.3 is 24.6 Å². The molecule has 12 heteroatoms. The second kappa shape index (κ2) is 15.8. The quantitative estimate of drug-likeness (QED) is 0.141. The van der Waals surface area contributed by atoms with Crippen LogP contribution in [0.15, 0.2) is 54.6 Å². The van der Waals surface area contributed by atoms with E-state index in [-0.39, 0.29) is 12.0 Å². The normalized spacial score (nSPS) is 19.9. The fourth-order valence-electron chi connectivity index (χ4n) is 7.85. The molecule has 1 saturated carbocycles. The van der Waals surface area contributed by atoms with E-state index in [1.807, 2.05) is 41.3 Å². The molecule has 7 rings (SSSR count). The first kappa shape index (κ1) is 36.2. The van der Waals surface area contributed by atoms with Crippen LogP contribution in [0.1, 0.15) is 66.9 Å². The average molecular weight is 746 g/mol. The number of carboxylic acids is 1. The van der Waals surface area contributed by atoms with Crippen LogP contribution in [0.3, 0.4) is 0 Å². The summed E-state index contributed by atoms with van der Waals surface area (Å²) in [6.45, 7) is 2.44. The van der Waals surface area contributed by atoms with E-state index in [4.69, 9.17) is 42.4 Å². The van der Waals surface area contributed by atoms with Crippen LogP contribution in [0.4, 0.5) is 0 Å². The Kier molecular flexibility index (Phi) is 11.0. The summed E-state index contributed by atoms with van der Waals surface area (Å²) in [5.74, 6) is 1.08. The summed E-state index contributed by atoms with van der Waals surface area (Å²) >= 11 is 13.9. The van der Waals surface area contributed by atoms with Crippen molar-refractivity contribution in [3.05, 3.63) is 86.9 Å². The van der Waals surface area contributed by atoms with Gasteiger partial charge in [0.1, 0.15) is 23.0 Å². The van der Waals surface area contributed by atoms with Crippen molar-refractivity contribution >= 4 is 35.0 Å². The Labute approximate surface area is 313 Å². The van der Waals surface area contributed by atoms with Crippen LogP contribution in [-0.2, 0) is 29.1 Å². The zero-order valence-corrected chi connectivity index (χ0v) is 30.8. The van der Waals surface area contributed by atoms with Crippen molar-refractivity contribution in [3.63, 3.8) is 0 Å². The first-order chi connectivity index (χ1) is 25.2. The Balaban J connectivity index is 1.09. The number of nitrogens with one attached hydrogen (secondary N) is 1. The van der Waals surface area contributed by atoms with Gasteiger partial charge in [0.2, 0.25) is 17.6 Å². The third-order valence-electron chi connectivity index (χ3n) is 10.5. The highest BCUT2D eigenvalue weighted by Gasteiger charge is 2.33. The molecule has 3 aliphatic rings. The minimum atomic E-state index is -0.826. The lowest BCUT2D eigenvalue weighted by molar-refractivity contribution is -0.142. The number of hydrogen-bond donors (Lipinski definition) is 2. The van der Waals surface area contributed by atoms with E-state index in [2.05, 4.69) is 22.4 Å². The number of benzene rings is 2. The highest BCUT2D eigenvalue weighted by Crippen LogP contribution is 2.45. The van der Waals surface area contributed by atoms with E-state index in [1.54, 1.807) is 13.2 Å². The van der Waals surface area contributed by atoms with Gasteiger partial charge in [0.25, 0.3) is 0 Å². The van der Waals surface area contributed by atoms with Gasteiger partial charge in [-0.05, 0) is 79.9 Å². The number of fused-ring (bicyclic) bond motifs is 1. The van der Waals surface area contributed by atoms with Crippen molar-refractivity contribution in [1.29, 1.82) is 0 Å². The monoisotopic (exact) mass is 744 g/mol. The number of nitrogens with zero attached hydrogens (tertiary/aromatic N) is 3. The predicted molar refractivity (Wildman–Crippen MR) is 199 cm³/mol. The standard InChI is InChI=1S/C40H42Cl2N4O6/c1-50-37-24(21-43-20-23-11-13-26(47)18-23)12-15-33(44-37)31-9-4-8-30(36(31)42)27-6-3-7-29-28(27)14-16-35(29)52-39-32(41)19-25(38(45-39)51-2)22-46-17-5-10-34(46)40(48)49/h3-4,6-9,12,15,19,23,34-35,43H,5,10-11,13-14,16-18,20-22H2,1-2H3,(H,48,49)/t23-,34-,35+/m1/s1. The third-order valence-corrected chi connectivity index (χ3v) is 11.1. The van der Waals surface area contributed by atoms with Gasteiger partial charge in [0.15, 0.2) is 0 Å². The van der Waals surface area contributed by atoms with Gasteiger partial charge in [-0.25, -0.2) is 4.98 Å². The van der Waals surface area contributed by atoms with Gasteiger partial charge >= 0.3 is 5.97 Å². The number of halogens is 2. The topological polar surface area (TPSA) is 123 Å². The summed E-state index contributed by atoms with van der Waals surface area (Å²) in [6.07, 6.45) is 4.94. The highest BCUT2D eigenvalue weighted by molar-refractivity contribution is 6.36. The van der Waals surface area contributed by atoms with Crippen molar-refractivity contribution < 1.29 is 28.9 Å². The zero-order valence-electron chi connectivity index (χ0n) is 29.3. The number of ether oxygens (including phenoxy) is 3. The maximum atomic E-state index is 11.7. The van der Waals surface area contributed by atoms with Crippen molar-refractivity contribution in [1.82, 2.24) is 20.2 Å². The first-order valence-corrected chi connectivity index (χ1v) is 18.5. The number of likely N-dealkylation sites (tertiary alicyclic amines) is 1. The van der Waals surface area contributed by atoms with Gasteiger partial charge in [0.05, 0.1) is 24.9 Å². The minimum Gasteiger partial charge on any atom is -0.481 e. The number of pyridine rings is 2. The van der Waals surface area contributed by atoms with Crippen LogP contribution in [0.2, 0.25) is 10.0 Å². The molecule has 3 heterocycles. The SMILES string of the molecule is COc1nc(-c2cccc(-c3cccc4c3CC[C@@H]4Oc3nc(OC)c(CN4CCC[C@@H]4C(=O)O)cc3Cl)c2Cl)ccc1CNC[C@@H]1CCC(=O)C1. The maximum absolute atomic E-state index is 11.7. The number of Topliss-reactive ketones (excluding diaryl/α,β-unsaturated/α-hetero) is 1. The number of ketones is 1. The van der Waals surface area contributed by atoms with Crippen molar-refractivity contribution in [3.8, 4) is 40.0 Å². The number of rotatable bonds is 13. The molecule has 3 atom stereocenters. The molecule has 2 aromatic heterocycles. The average Bonchev–Trinajstić information content (AvgIpc) is 3.90. The van der Waals surface area contributed by atoms with Crippen LogP contribution in [0.25, 0.3) is 22.4 Å². The molecule has 0 amide bonds. The smallest absolute Gasteiger partial charge is 0.320 e. The molecule has 1 saturated heterocycles. The van der Waals surface area contributed by atoms with Crippen LogP contribution in [0.5, 0.6) is 17.6 Å². The van der Waals surface area contributed by atoms with Gasteiger partial charge in [0, 0.05) is 48.2 Å². The number of aliphatic carboxylic acids is 1. The van der Waals surface area contributed by atoms with Crippen LogP contribution < -0.4 is 19.5 Å². The molecule has 2 aromatic carbocycles.